The Morgan fingerprint density at radius 3 is 2.57 bits per heavy atom. The lowest BCUT2D eigenvalue weighted by Crippen LogP contribution is -2.54. The van der Waals surface area contributed by atoms with E-state index in [1.807, 2.05) is 26.0 Å². The number of benzene rings is 1. The molecule has 1 amide bonds. The normalized spacial score (nSPS) is 24.6. The van der Waals surface area contributed by atoms with Crippen molar-refractivity contribution in [3.8, 4) is 0 Å². The van der Waals surface area contributed by atoms with E-state index in [2.05, 4.69) is 21.4 Å². The smallest absolute Gasteiger partial charge is 0.240 e. The lowest BCUT2D eigenvalue weighted by molar-refractivity contribution is -0.141. The van der Waals surface area contributed by atoms with Crippen molar-refractivity contribution in [3.63, 3.8) is 0 Å². The van der Waals surface area contributed by atoms with Crippen LogP contribution >= 0.6 is 0 Å². The number of carbonyl (C=O) groups excluding carboxylic acids is 1. The molecule has 7 heteroatoms. The van der Waals surface area contributed by atoms with E-state index in [0.29, 0.717) is 17.5 Å². The second-order valence-electron chi connectivity index (χ2n) is 8.93. The second-order valence-corrected chi connectivity index (χ2v) is 10.7. The van der Waals surface area contributed by atoms with Crippen molar-refractivity contribution in [3.05, 3.63) is 29.8 Å². The number of nitrogens with zero attached hydrogens (tertiary/aromatic N) is 2. The van der Waals surface area contributed by atoms with E-state index in [1.165, 1.54) is 6.42 Å². The third-order valence-corrected chi connectivity index (χ3v) is 8.17. The van der Waals surface area contributed by atoms with E-state index in [4.69, 9.17) is 0 Å². The van der Waals surface area contributed by atoms with E-state index in [1.54, 1.807) is 12.1 Å². The maximum absolute atomic E-state index is 13.2. The average Bonchev–Trinajstić information content (AvgIpc) is 2.77. The van der Waals surface area contributed by atoms with E-state index in [0.717, 1.165) is 57.3 Å². The minimum Gasteiger partial charge on any atom is -0.338 e. The van der Waals surface area contributed by atoms with Crippen molar-refractivity contribution in [2.45, 2.75) is 76.3 Å². The molecule has 0 aliphatic carbocycles. The lowest BCUT2D eigenvalue weighted by atomic mass is 9.95. The van der Waals surface area contributed by atoms with Gasteiger partial charge in [0, 0.05) is 25.7 Å². The van der Waals surface area contributed by atoms with Gasteiger partial charge in [-0.3, -0.25) is 9.69 Å². The number of nitrogens with one attached hydrogen (secondary N) is 1. The molecule has 30 heavy (non-hydrogen) atoms. The summed E-state index contributed by atoms with van der Waals surface area (Å²) in [7, 11) is -3.50. The molecular formula is C23H37N3O3S. The van der Waals surface area contributed by atoms with Crippen molar-refractivity contribution in [1.29, 1.82) is 0 Å². The summed E-state index contributed by atoms with van der Waals surface area (Å²) in [5, 5.41) is 0. The van der Waals surface area contributed by atoms with Crippen molar-refractivity contribution >= 4 is 15.9 Å². The zero-order chi connectivity index (χ0) is 21.7. The van der Waals surface area contributed by atoms with Crippen molar-refractivity contribution < 1.29 is 13.2 Å². The number of hydrogen-bond acceptors (Lipinski definition) is 4. The van der Waals surface area contributed by atoms with Gasteiger partial charge < -0.3 is 4.90 Å². The summed E-state index contributed by atoms with van der Waals surface area (Å²) >= 11 is 0. The summed E-state index contributed by atoms with van der Waals surface area (Å²) in [6.07, 6.45) is 6.41. The molecule has 0 spiro atoms. The number of carbonyl (C=O) groups is 1. The van der Waals surface area contributed by atoms with Gasteiger partial charge in [0.15, 0.2) is 0 Å². The SMILES string of the molecule is CCC1CCCCN1C(=O)C(C)N1CCCC(CNS(=O)(=O)c2ccc(C)cc2)C1. The number of rotatable bonds is 7. The van der Waals surface area contributed by atoms with Gasteiger partial charge >= 0.3 is 0 Å². The van der Waals surface area contributed by atoms with Crippen molar-refractivity contribution in [2.24, 2.45) is 5.92 Å². The number of likely N-dealkylation sites (tertiary alicyclic amines) is 2. The molecule has 6 nitrogen and oxygen atoms in total. The fourth-order valence-electron chi connectivity index (χ4n) is 4.76. The molecule has 1 N–H and O–H groups in total. The molecule has 0 radical (unpaired) electrons. The van der Waals surface area contributed by atoms with Crippen LogP contribution in [0.5, 0.6) is 0 Å². The average molecular weight is 436 g/mol. The van der Waals surface area contributed by atoms with E-state index in [-0.39, 0.29) is 17.9 Å². The van der Waals surface area contributed by atoms with Gasteiger partial charge in [-0.15, -0.1) is 0 Å². The molecule has 1 aromatic carbocycles. The highest BCUT2D eigenvalue weighted by molar-refractivity contribution is 7.89. The summed E-state index contributed by atoms with van der Waals surface area (Å²) in [5.41, 5.74) is 1.04. The van der Waals surface area contributed by atoms with Gasteiger partial charge in [-0.2, -0.15) is 0 Å². The highest BCUT2D eigenvalue weighted by Gasteiger charge is 2.33. The Hall–Kier alpha value is -1.44. The summed E-state index contributed by atoms with van der Waals surface area (Å²) in [6.45, 7) is 9.06. The Balaban J connectivity index is 1.56. The summed E-state index contributed by atoms with van der Waals surface area (Å²) in [5.74, 6) is 0.458. The zero-order valence-corrected chi connectivity index (χ0v) is 19.5. The molecule has 2 aliphatic rings. The lowest BCUT2D eigenvalue weighted by Gasteiger charge is -2.41. The number of amides is 1. The van der Waals surface area contributed by atoms with Crippen LogP contribution in [0.2, 0.25) is 0 Å². The molecule has 0 saturated carbocycles. The Bertz CT molecular complexity index is 809. The van der Waals surface area contributed by atoms with Gasteiger partial charge in [-0.1, -0.05) is 24.6 Å². The predicted molar refractivity (Wildman–Crippen MR) is 120 cm³/mol. The first kappa shape index (κ1) is 23.2. The van der Waals surface area contributed by atoms with Crippen LogP contribution in [-0.2, 0) is 14.8 Å². The van der Waals surface area contributed by atoms with Gasteiger partial charge in [-0.05, 0) is 77.0 Å². The molecule has 3 unspecified atom stereocenters. The molecule has 1 aromatic rings. The van der Waals surface area contributed by atoms with Crippen LogP contribution in [0.3, 0.4) is 0 Å². The van der Waals surface area contributed by atoms with Crippen LogP contribution in [0.4, 0.5) is 0 Å². The maximum atomic E-state index is 13.2. The Kier molecular flexibility index (Phi) is 7.93. The van der Waals surface area contributed by atoms with E-state index >= 15 is 0 Å². The third-order valence-electron chi connectivity index (χ3n) is 6.73. The maximum Gasteiger partial charge on any atom is 0.240 e. The standard InChI is InChI=1S/C23H37N3O3S/c1-4-21-9-5-6-15-26(21)23(27)19(3)25-14-7-8-20(17-25)16-24-30(28,29)22-12-10-18(2)11-13-22/h10-13,19-21,24H,4-9,14-17H2,1-3H3. The monoisotopic (exact) mass is 435 g/mol. The molecule has 168 valence electrons. The molecule has 3 rings (SSSR count). The molecule has 2 fully saturated rings. The number of aryl methyl sites for hydroxylation is 1. The largest absolute Gasteiger partial charge is 0.338 e. The molecule has 3 atom stereocenters. The first-order chi connectivity index (χ1) is 14.3. The third kappa shape index (κ3) is 5.62. The minimum absolute atomic E-state index is 0.145. The second kappa shape index (κ2) is 10.2. The van der Waals surface area contributed by atoms with E-state index in [9.17, 15) is 13.2 Å². The number of sulfonamides is 1. The summed E-state index contributed by atoms with van der Waals surface area (Å²) < 4.78 is 28.0. The number of hydrogen-bond donors (Lipinski definition) is 1. The van der Waals surface area contributed by atoms with Gasteiger partial charge in [0.2, 0.25) is 15.9 Å². The number of piperidine rings is 2. The van der Waals surface area contributed by atoms with E-state index < -0.39 is 10.0 Å². The van der Waals surface area contributed by atoms with Crippen LogP contribution < -0.4 is 4.72 Å². The predicted octanol–water partition coefficient (Wildman–Crippen LogP) is 3.16. The molecule has 2 aliphatic heterocycles. The molecule has 0 aromatic heterocycles. The van der Waals surface area contributed by atoms with Crippen LogP contribution in [0.15, 0.2) is 29.2 Å². The Morgan fingerprint density at radius 2 is 1.87 bits per heavy atom. The Labute approximate surface area is 182 Å². The van der Waals surface area contributed by atoms with Crippen LogP contribution in [-0.4, -0.2) is 62.4 Å². The molecule has 0 bridgehead atoms. The first-order valence-corrected chi connectivity index (χ1v) is 12.9. The quantitative estimate of drug-likeness (QED) is 0.714. The van der Waals surface area contributed by atoms with Gasteiger partial charge in [0.1, 0.15) is 0 Å². The molecule has 2 heterocycles. The summed E-state index contributed by atoms with van der Waals surface area (Å²) in [4.78, 5) is 17.8. The van der Waals surface area contributed by atoms with Crippen molar-refractivity contribution in [1.82, 2.24) is 14.5 Å². The van der Waals surface area contributed by atoms with Crippen LogP contribution in [0, 0.1) is 12.8 Å². The van der Waals surface area contributed by atoms with Crippen LogP contribution in [0.1, 0.15) is 57.9 Å². The molecular weight excluding hydrogens is 398 g/mol. The van der Waals surface area contributed by atoms with Gasteiger partial charge in [-0.25, -0.2) is 13.1 Å². The molecule has 2 saturated heterocycles. The van der Waals surface area contributed by atoms with Crippen LogP contribution in [0.25, 0.3) is 0 Å². The van der Waals surface area contributed by atoms with Gasteiger partial charge in [0.05, 0.1) is 10.9 Å². The van der Waals surface area contributed by atoms with Gasteiger partial charge in [0.25, 0.3) is 0 Å². The minimum atomic E-state index is -3.50. The fraction of sp³-hybridized carbons (Fsp3) is 0.696. The first-order valence-electron chi connectivity index (χ1n) is 11.4. The highest BCUT2D eigenvalue weighted by Crippen LogP contribution is 2.24. The Morgan fingerprint density at radius 1 is 1.13 bits per heavy atom. The van der Waals surface area contributed by atoms with Crippen molar-refractivity contribution in [2.75, 3.05) is 26.2 Å². The highest BCUT2D eigenvalue weighted by atomic mass is 32.2. The fourth-order valence-corrected chi connectivity index (χ4v) is 5.87. The zero-order valence-electron chi connectivity index (χ0n) is 18.6. The topological polar surface area (TPSA) is 69.7 Å². The summed E-state index contributed by atoms with van der Waals surface area (Å²) in [6, 6.07) is 7.15.